The summed E-state index contributed by atoms with van der Waals surface area (Å²) in [4.78, 5) is 2.36. The molecule has 1 nitrogen and oxygen atoms in total. The highest BCUT2D eigenvalue weighted by Gasteiger charge is 2.22. The molecule has 0 N–H and O–H groups in total. The lowest BCUT2D eigenvalue weighted by atomic mass is 9.81. The Morgan fingerprint density at radius 1 is 0.309 bits per heavy atom. The van der Waals surface area contributed by atoms with Crippen molar-refractivity contribution in [2.45, 2.75) is 62.3 Å². The first-order valence-electron chi connectivity index (χ1n) is 19.6. The zero-order chi connectivity index (χ0) is 39.2. The summed E-state index contributed by atoms with van der Waals surface area (Å²) in [6, 6.07) is 59.2. The first-order valence-corrected chi connectivity index (χ1v) is 19.6. The van der Waals surface area contributed by atoms with E-state index >= 15 is 0 Å². The highest BCUT2D eigenvalue weighted by atomic mass is 15.1. The molecule has 55 heavy (non-hydrogen) atoms. The second kappa shape index (κ2) is 16.4. The largest absolute Gasteiger partial charge is 0.311 e. The van der Waals surface area contributed by atoms with Crippen LogP contribution >= 0.6 is 0 Å². The van der Waals surface area contributed by atoms with Crippen molar-refractivity contribution < 1.29 is 0 Å². The van der Waals surface area contributed by atoms with Crippen LogP contribution in [0.1, 0.15) is 95.7 Å². The van der Waals surface area contributed by atoms with Crippen molar-refractivity contribution in [1.82, 2.24) is 0 Å². The van der Waals surface area contributed by atoms with E-state index in [4.69, 9.17) is 0 Å². The first kappa shape index (κ1) is 39.0. The lowest BCUT2D eigenvalue weighted by Crippen LogP contribution is -2.10. The average molecular weight is 720 g/mol. The number of nitrogens with zero attached hydrogens (tertiary/aromatic N) is 1. The van der Waals surface area contributed by atoms with Crippen LogP contribution in [-0.4, -0.2) is 0 Å². The van der Waals surface area contributed by atoms with Crippen LogP contribution in [0.15, 0.2) is 164 Å². The molecular weight excluding hydrogens is 663 g/mol. The van der Waals surface area contributed by atoms with Gasteiger partial charge in [0.2, 0.25) is 0 Å². The molecule has 6 aromatic rings. The van der Waals surface area contributed by atoms with E-state index in [1.54, 1.807) is 0 Å². The number of hydrogen-bond donors (Lipinski definition) is 0. The maximum absolute atomic E-state index is 2.36. The van der Waals surface area contributed by atoms with Gasteiger partial charge in [-0.2, -0.15) is 0 Å². The molecule has 6 rings (SSSR count). The Morgan fingerprint density at radius 2 is 0.527 bits per heavy atom. The Kier molecular flexibility index (Phi) is 11.6. The van der Waals surface area contributed by atoms with E-state index in [0.717, 1.165) is 17.1 Å². The number of rotatable bonds is 9. The Bertz CT molecular complexity index is 1970. The maximum atomic E-state index is 2.36. The molecule has 0 aromatic heterocycles. The normalized spacial score (nSPS) is 13.1. The minimum absolute atomic E-state index is 0.000817. The molecule has 0 atom stereocenters. The third-order valence-electron chi connectivity index (χ3n) is 10.1. The molecule has 0 fully saturated rings. The molecule has 0 heterocycles. The van der Waals surface area contributed by atoms with Crippen LogP contribution in [0, 0.1) is 16.2 Å². The van der Waals surface area contributed by atoms with Gasteiger partial charge in [0.15, 0.2) is 0 Å². The van der Waals surface area contributed by atoms with Gasteiger partial charge in [0.05, 0.1) is 0 Å². The van der Waals surface area contributed by atoms with Crippen molar-refractivity contribution in [2.75, 3.05) is 4.90 Å². The van der Waals surface area contributed by atoms with Crippen molar-refractivity contribution in [2.24, 2.45) is 16.2 Å². The van der Waals surface area contributed by atoms with Crippen LogP contribution in [0.25, 0.3) is 34.9 Å². The van der Waals surface area contributed by atoms with E-state index in [2.05, 4.69) is 249 Å². The third-order valence-corrected chi connectivity index (χ3v) is 10.1. The van der Waals surface area contributed by atoms with Crippen LogP contribution in [0.5, 0.6) is 0 Å². The molecular formula is C54H57N. The number of anilines is 3. The summed E-state index contributed by atoms with van der Waals surface area (Å²) < 4.78 is 0. The van der Waals surface area contributed by atoms with Gasteiger partial charge < -0.3 is 4.90 Å². The number of allylic oxidation sites excluding steroid dienone is 3. The maximum Gasteiger partial charge on any atom is 0.0462 e. The quantitative estimate of drug-likeness (QED) is 0.135. The van der Waals surface area contributed by atoms with Crippen LogP contribution in [0.4, 0.5) is 17.1 Å². The second-order valence-corrected chi connectivity index (χ2v) is 17.6. The van der Waals surface area contributed by atoms with Crippen molar-refractivity contribution in [3.05, 3.63) is 197 Å². The standard InChI is InChI=1S/C54H57N/c1-52(2,3)49(43-19-13-10-14-20-43)37-40-25-31-46(32-26-40)55(47-33-27-41(28-34-47)38-50(53(4,5)6)44-21-15-11-16-22-44)48-35-29-42(30-36-48)39-51(54(7,8)9)45-23-17-12-18-24-45/h10-39H,1-9H3. The molecule has 0 unspecified atom stereocenters. The van der Waals surface area contributed by atoms with E-state index in [-0.39, 0.29) is 16.2 Å². The molecule has 0 bridgehead atoms. The Balaban J connectivity index is 1.41. The molecule has 0 aliphatic carbocycles. The van der Waals surface area contributed by atoms with E-state index < -0.39 is 0 Å². The molecule has 0 saturated heterocycles. The summed E-state index contributed by atoms with van der Waals surface area (Å²) in [7, 11) is 0. The summed E-state index contributed by atoms with van der Waals surface area (Å²) in [6.45, 7) is 20.6. The Morgan fingerprint density at radius 3 is 0.727 bits per heavy atom. The Hall–Kier alpha value is -5.66. The lowest BCUT2D eigenvalue weighted by Gasteiger charge is -2.27. The third kappa shape index (κ3) is 9.91. The van der Waals surface area contributed by atoms with Crippen LogP contribution in [0.2, 0.25) is 0 Å². The monoisotopic (exact) mass is 719 g/mol. The fraction of sp³-hybridized carbons (Fsp3) is 0.222. The van der Waals surface area contributed by atoms with Gasteiger partial charge in [-0.05, 0) is 103 Å². The molecule has 0 saturated carbocycles. The minimum Gasteiger partial charge on any atom is -0.311 e. The highest BCUT2D eigenvalue weighted by Crippen LogP contribution is 2.40. The molecule has 0 aliphatic rings. The lowest BCUT2D eigenvalue weighted by molar-refractivity contribution is 0.569. The molecule has 0 spiro atoms. The molecule has 6 aromatic carbocycles. The van der Waals surface area contributed by atoms with Crippen LogP contribution < -0.4 is 4.90 Å². The van der Waals surface area contributed by atoms with Gasteiger partial charge in [0.25, 0.3) is 0 Å². The van der Waals surface area contributed by atoms with Gasteiger partial charge in [0, 0.05) is 17.1 Å². The fourth-order valence-corrected chi connectivity index (χ4v) is 7.16. The second-order valence-electron chi connectivity index (χ2n) is 17.6. The van der Waals surface area contributed by atoms with Gasteiger partial charge in [-0.3, -0.25) is 0 Å². The van der Waals surface area contributed by atoms with Gasteiger partial charge >= 0.3 is 0 Å². The molecule has 0 radical (unpaired) electrons. The molecule has 0 aliphatic heterocycles. The molecule has 1 heteroatoms. The average Bonchev–Trinajstić information content (AvgIpc) is 3.16. The number of hydrogen-bond acceptors (Lipinski definition) is 1. The van der Waals surface area contributed by atoms with Crippen molar-refractivity contribution in [3.8, 4) is 0 Å². The first-order chi connectivity index (χ1) is 26.2. The van der Waals surface area contributed by atoms with E-state index in [0.29, 0.717) is 0 Å². The summed E-state index contributed by atoms with van der Waals surface area (Å²) >= 11 is 0. The highest BCUT2D eigenvalue weighted by molar-refractivity contribution is 5.88. The fourth-order valence-electron chi connectivity index (χ4n) is 7.16. The van der Waals surface area contributed by atoms with Crippen LogP contribution in [-0.2, 0) is 0 Å². The summed E-state index contributed by atoms with van der Waals surface area (Å²) in [5.74, 6) is 0. The topological polar surface area (TPSA) is 3.24 Å². The van der Waals surface area contributed by atoms with E-state index in [1.165, 1.54) is 50.1 Å². The van der Waals surface area contributed by atoms with Crippen LogP contribution in [0.3, 0.4) is 0 Å². The zero-order valence-corrected chi connectivity index (χ0v) is 34.3. The summed E-state index contributed by atoms with van der Waals surface area (Å²) in [6.07, 6.45) is 7.01. The summed E-state index contributed by atoms with van der Waals surface area (Å²) in [5.41, 5.74) is 14.6. The van der Waals surface area contributed by atoms with Crippen molar-refractivity contribution in [1.29, 1.82) is 0 Å². The smallest absolute Gasteiger partial charge is 0.0462 e. The van der Waals surface area contributed by atoms with Crippen molar-refractivity contribution >= 4 is 52.0 Å². The van der Waals surface area contributed by atoms with Gasteiger partial charge in [-0.1, -0.05) is 208 Å². The molecule has 278 valence electrons. The minimum atomic E-state index is -0.000817. The van der Waals surface area contributed by atoms with Crippen molar-refractivity contribution in [3.63, 3.8) is 0 Å². The number of benzene rings is 6. The van der Waals surface area contributed by atoms with Gasteiger partial charge in [-0.15, -0.1) is 0 Å². The predicted octanol–water partition coefficient (Wildman–Crippen LogP) is 15.9. The summed E-state index contributed by atoms with van der Waals surface area (Å²) in [5, 5.41) is 0. The predicted molar refractivity (Wildman–Crippen MR) is 242 cm³/mol. The van der Waals surface area contributed by atoms with Gasteiger partial charge in [-0.25, -0.2) is 0 Å². The van der Waals surface area contributed by atoms with E-state index in [9.17, 15) is 0 Å². The zero-order valence-electron chi connectivity index (χ0n) is 34.3. The van der Waals surface area contributed by atoms with E-state index in [1.807, 2.05) is 0 Å². The SMILES string of the molecule is CC(C)(C)C(=Cc1ccc(N(c2ccc(C=C(c3ccccc3)C(C)(C)C)cc2)c2ccc(C=C(c3ccccc3)C(C)(C)C)cc2)cc1)c1ccccc1. The molecule has 0 amide bonds. The Labute approximate surface area is 331 Å². The van der Waals surface area contributed by atoms with Gasteiger partial charge in [0.1, 0.15) is 0 Å².